The van der Waals surface area contributed by atoms with Crippen LogP contribution in [0.1, 0.15) is 43.0 Å². The molecule has 0 saturated carbocycles. The van der Waals surface area contributed by atoms with Crippen LogP contribution < -0.4 is 20.1 Å². The fourth-order valence-corrected chi connectivity index (χ4v) is 4.69. The first-order valence-electron chi connectivity index (χ1n) is 11.8. The molecule has 4 aromatic rings. The Balaban J connectivity index is 1.81. The fraction of sp³-hybridized carbons (Fsp3) is 0.133. The topological polar surface area (TPSA) is 76.7 Å². The van der Waals surface area contributed by atoms with Crippen molar-refractivity contribution >= 4 is 34.3 Å². The van der Waals surface area contributed by atoms with Gasteiger partial charge in [-0.1, -0.05) is 48.5 Å². The largest absolute Gasteiger partial charge is 0.495 e. The normalized spacial score (nSPS) is 12.1. The number of methoxy groups -OCH3 is 2. The standard InChI is InChI=1S/C30H24F2N2O4/c1-15-9-7-13-19(37-3)25(15)33-27-23(31)21-22(30(36)18-12-6-5-11-17(18)29(21)35)24(32)28(27)34-26-16(2)10-8-14-20(26)38-4/h5-14,33-34H,1-4H3. The van der Waals surface area contributed by atoms with Crippen LogP contribution in [0, 0.1) is 25.5 Å². The van der Waals surface area contributed by atoms with E-state index in [1.807, 2.05) is 0 Å². The first-order valence-corrected chi connectivity index (χ1v) is 11.8. The molecule has 4 aromatic carbocycles. The lowest BCUT2D eigenvalue weighted by molar-refractivity contribution is 0.0972. The van der Waals surface area contributed by atoms with Gasteiger partial charge in [0.25, 0.3) is 0 Å². The maximum Gasteiger partial charge on any atom is 0.197 e. The van der Waals surface area contributed by atoms with Gasteiger partial charge in [-0.2, -0.15) is 0 Å². The first kappa shape index (κ1) is 25.0. The number of anilines is 4. The number of ketones is 2. The molecule has 0 unspecified atom stereocenters. The number of aryl methyl sites for hydroxylation is 2. The second-order valence-corrected chi connectivity index (χ2v) is 8.89. The maximum absolute atomic E-state index is 16.4. The third kappa shape index (κ3) is 3.85. The number of hydrogen-bond donors (Lipinski definition) is 2. The molecule has 5 rings (SSSR count). The Hall–Kier alpha value is -4.72. The van der Waals surface area contributed by atoms with Crippen molar-refractivity contribution in [2.24, 2.45) is 0 Å². The zero-order chi connectivity index (χ0) is 27.1. The minimum Gasteiger partial charge on any atom is -0.495 e. The lowest BCUT2D eigenvalue weighted by Gasteiger charge is -2.25. The number of rotatable bonds is 6. The number of carbonyl (C=O) groups is 2. The molecule has 8 heteroatoms. The zero-order valence-electron chi connectivity index (χ0n) is 21.2. The number of para-hydroxylation sites is 2. The summed E-state index contributed by atoms with van der Waals surface area (Å²) < 4.78 is 43.8. The van der Waals surface area contributed by atoms with Crippen LogP contribution in [0.3, 0.4) is 0 Å². The first-order chi connectivity index (χ1) is 18.3. The highest BCUT2D eigenvalue weighted by Crippen LogP contribution is 2.45. The molecular weight excluding hydrogens is 490 g/mol. The minimum absolute atomic E-state index is 0.0176. The monoisotopic (exact) mass is 514 g/mol. The molecule has 1 aliphatic carbocycles. The third-order valence-corrected chi connectivity index (χ3v) is 6.66. The second-order valence-electron chi connectivity index (χ2n) is 8.89. The molecule has 0 aromatic heterocycles. The molecule has 0 radical (unpaired) electrons. The SMILES string of the molecule is COc1cccc(C)c1Nc1c(F)c2c(c(F)c1Nc1c(C)cccc1OC)C(=O)c1ccccc1C2=O. The van der Waals surface area contributed by atoms with E-state index in [1.54, 1.807) is 62.4 Å². The number of carbonyl (C=O) groups excluding carboxylic acids is 2. The van der Waals surface area contributed by atoms with Gasteiger partial charge in [0, 0.05) is 11.1 Å². The molecule has 0 heterocycles. The lowest BCUT2D eigenvalue weighted by atomic mass is 9.82. The molecule has 0 spiro atoms. The van der Waals surface area contributed by atoms with E-state index in [4.69, 9.17) is 9.47 Å². The van der Waals surface area contributed by atoms with Crippen molar-refractivity contribution < 1.29 is 27.8 Å². The van der Waals surface area contributed by atoms with Crippen LogP contribution in [0.2, 0.25) is 0 Å². The van der Waals surface area contributed by atoms with Gasteiger partial charge in [-0.25, -0.2) is 8.78 Å². The van der Waals surface area contributed by atoms with E-state index in [-0.39, 0.29) is 22.5 Å². The zero-order valence-corrected chi connectivity index (χ0v) is 21.2. The number of hydrogen-bond acceptors (Lipinski definition) is 6. The van der Waals surface area contributed by atoms with Gasteiger partial charge in [-0.15, -0.1) is 0 Å². The molecule has 0 aliphatic heterocycles. The van der Waals surface area contributed by atoms with Gasteiger partial charge in [0.15, 0.2) is 23.2 Å². The van der Waals surface area contributed by atoms with Crippen molar-refractivity contribution in [3.8, 4) is 11.5 Å². The van der Waals surface area contributed by atoms with Crippen molar-refractivity contribution in [1.29, 1.82) is 0 Å². The Labute approximate surface area is 218 Å². The highest BCUT2D eigenvalue weighted by Gasteiger charge is 2.38. The summed E-state index contributed by atoms with van der Waals surface area (Å²) in [5.41, 5.74) is 0.230. The van der Waals surface area contributed by atoms with E-state index >= 15 is 8.78 Å². The molecule has 38 heavy (non-hydrogen) atoms. The number of nitrogens with one attached hydrogen (secondary N) is 2. The van der Waals surface area contributed by atoms with Gasteiger partial charge in [-0.05, 0) is 37.1 Å². The molecule has 0 atom stereocenters. The third-order valence-electron chi connectivity index (χ3n) is 6.66. The molecule has 0 bridgehead atoms. The summed E-state index contributed by atoms with van der Waals surface area (Å²) in [7, 11) is 2.92. The van der Waals surface area contributed by atoms with Crippen LogP contribution >= 0.6 is 0 Å². The molecular formula is C30H24F2N2O4. The van der Waals surface area contributed by atoms with Crippen LogP contribution in [-0.4, -0.2) is 25.8 Å². The van der Waals surface area contributed by atoms with Crippen LogP contribution in [0.4, 0.5) is 31.5 Å². The number of halogens is 2. The van der Waals surface area contributed by atoms with Crippen LogP contribution in [0.25, 0.3) is 0 Å². The van der Waals surface area contributed by atoms with Crippen molar-refractivity contribution in [3.63, 3.8) is 0 Å². The van der Waals surface area contributed by atoms with E-state index in [0.29, 0.717) is 34.0 Å². The van der Waals surface area contributed by atoms with Gasteiger partial charge in [0.1, 0.15) is 22.9 Å². The fourth-order valence-electron chi connectivity index (χ4n) is 4.69. The number of benzene rings is 4. The van der Waals surface area contributed by atoms with Crippen molar-refractivity contribution in [2.45, 2.75) is 13.8 Å². The van der Waals surface area contributed by atoms with Gasteiger partial charge in [0.2, 0.25) is 0 Å². The predicted molar refractivity (Wildman–Crippen MR) is 142 cm³/mol. The smallest absolute Gasteiger partial charge is 0.197 e. The molecule has 0 saturated heterocycles. The van der Waals surface area contributed by atoms with E-state index in [0.717, 1.165) is 0 Å². The summed E-state index contributed by atoms with van der Waals surface area (Å²) in [5, 5.41) is 5.90. The van der Waals surface area contributed by atoms with E-state index in [9.17, 15) is 9.59 Å². The molecule has 192 valence electrons. The van der Waals surface area contributed by atoms with E-state index in [1.165, 1.54) is 26.4 Å². The summed E-state index contributed by atoms with van der Waals surface area (Å²) in [4.78, 5) is 26.8. The molecule has 1 aliphatic rings. The van der Waals surface area contributed by atoms with E-state index < -0.39 is 34.3 Å². The highest BCUT2D eigenvalue weighted by atomic mass is 19.1. The van der Waals surface area contributed by atoms with Crippen molar-refractivity contribution in [3.05, 3.63) is 106 Å². The highest BCUT2D eigenvalue weighted by molar-refractivity contribution is 6.29. The van der Waals surface area contributed by atoms with Gasteiger partial charge >= 0.3 is 0 Å². The number of ether oxygens (including phenoxy) is 2. The van der Waals surface area contributed by atoms with Gasteiger partial charge in [-0.3, -0.25) is 9.59 Å². The van der Waals surface area contributed by atoms with Crippen LogP contribution in [-0.2, 0) is 0 Å². The average Bonchev–Trinajstić information content (AvgIpc) is 2.92. The summed E-state index contributed by atoms with van der Waals surface area (Å²) in [5.74, 6) is -2.90. The summed E-state index contributed by atoms with van der Waals surface area (Å²) in [6.07, 6.45) is 0. The minimum atomic E-state index is -1.06. The van der Waals surface area contributed by atoms with Gasteiger partial charge in [0.05, 0.1) is 36.7 Å². The van der Waals surface area contributed by atoms with E-state index in [2.05, 4.69) is 10.6 Å². The van der Waals surface area contributed by atoms with Crippen molar-refractivity contribution in [2.75, 3.05) is 24.9 Å². The summed E-state index contributed by atoms with van der Waals surface area (Å²) in [6, 6.07) is 16.4. The average molecular weight is 515 g/mol. The second kappa shape index (κ2) is 9.63. The summed E-state index contributed by atoms with van der Waals surface area (Å²) in [6.45, 7) is 3.56. The Morgan fingerprint density at radius 3 is 1.34 bits per heavy atom. The quantitative estimate of drug-likeness (QED) is 0.258. The Kier molecular flexibility index (Phi) is 6.32. The molecule has 6 nitrogen and oxygen atoms in total. The van der Waals surface area contributed by atoms with Gasteiger partial charge < -0.3 is 20.1 Å². The predicted octanol–water partition coefficient (Wildman–Crippen LogP) is 6.86. The Bertz CT molecular complexity index is 1510. The maximum atomic E-state index is 16.4. The lowest BCUT2D eigenvalue weighted by Crippen LogP contribution is -2.25. The van der Waals surface area contributed by atoms with Crippen LogP contribution in [0.15, 0.2) is 60.7 Å². The molecule has 0 amide bonds. The Morgan fingerprint density at radius 2 is 0.974 bits per heavy atom. The molecule has 2 N–H and O–H groups in total. The summed E-state index contributed by atoms with van der Waals surface area (Å²) >= 11 is 0. The number of fused-ring (bicyclic) bond motifs is 2. The Morgan fingerprint density at radius 1 is 0.579 bits per heavy atom. The van der Waals surface area contributed by atoms with Crippen LogP contribution in [0.5, 0.6) is 11.5 Å². The molecule has 0 fully saturated rings. The van der Waals surface area contributed by atoms with Crippen molar-refractivity contribution in [1.82, 2.24) is 0 Å².